The van der Waals surface area contributed by atoms with Crippen LogP contribution in [0.15, 0.2) is 54.6 Å². The Hall–Kier alpha value is -2.33. The van der Waals surface area contributed by atoms with Crippen molar-refractivity contribution < 1.29 is 9.53 Å². The molecule has 1 spiro atoms. The molecule has 0 radical (unpaired) electrons. The van der Waals surface area contributed by atoms with Crippen molar-refractivity contribution in [3.63, 3.8) is 0 Å². The summed E-state index contributed by atoms with van der Waals surface area (Å²) in [7, 11) is 0. The first-order chi connectivity index (χ1) is 14.2. The molecule has 5 rings (SSSR count). The summed E-state index contributed by atoms with van der Waals surface area (Å²) < 4.78 is 5.90. The molecule has 3 aliphatic rings. The molecule has 2 saturated heterocycles. The van der Waals surface area contributed by atoms with Gasteiger partial charge in [0, 0.05) is 24.5 Å². The van der Waals surface area contributed by atoms with E-state index < -0.39 is 0 Å². The van der Waals surface area contributed by atoms with E-state index in [1.54, 1.807) is 0 Å². The van der Waals surface area contributed by atoms with Crippen LogP contribution in [0.5, 0.6) is 11.5 Å². The van der Waals surface area contributed by atoms with E-state index >= 15 is 0 Å². The normalized spacial score (nSPS) is 27.0. The van der Waals surface area contributed by atoms with Crippen LogP contribution in [0, 0.1) is 5.92 Å². The molecule has 2 aliphatic heterocycles. The highest BCUT2D eigenvalue weighted by Crippen LogP contribution is 2.44. The number of carbonyl (C=O) groups is 1. The maximum atomic E-state index is 12.9. The van der Waals surface area contributed by atoms with Crippen LogP contribution in [-0.2, 0) is 4.79 Å². The molecule has 1 saturated carbocycles. The predicted molar refractivity (Wildman–Crippen MR) is 114 cm³/mol. The first-order valence-corrected chi connectivity index (χ1v) is 11.1. The number of nitrogens with one attached hydrogen (secondary N) is 1. The van der Waals surface area contributed by atoms with Crippen molar-refractivity contribution >= 4 is 5.91 Å². The van der Waals surface area contributed by atoms with Gasteiger partial charge in [0.25, 0.3) is 0 Å². The predicted octanol–water partition coefficient (Wildman–Crippen LogP) is 4.72. The number of nitrogens with zero attached hydrogens (tertiary/aromatic N) is 1. The highest BCUT2D eigenvalue weighted by molar-refractivity contribution is 5.80. The number of ether oxygens (including phenoxy) is 1. The van der Waals surface area contributed by atoms with Gasteiger partial charge in [-0.1, -0.05) is 30.3 Å². The Kier molecular flexibility index (Phi) is 5.04. The van der Waals surface area contributed by atoms with Crippen LogP contribution in [0.25, 0.3) is 0 Å². The molecule has 0 unspecified atom stereocenters. The van der Waals surface area contributed by atoms with Gasteiger partial charge in [-0.2, -0.15) is 0 Å². The lowest BCUT2D eigenvalue weighted by atomic mass is 9.67. The lowest BCUT2D eigenvalue weighted by molar-refractivity contribution is -0.142. The summed E-state index contributed by atoms with van der Waals surface area (Å²) in [6, 6.07) is 18.4. The van der Waals surface area contributed by atoms with Gasteiger partial charge in [0.2, 0.25) is 5.91 Å². The molecule has 4 nitrogen and oxygen atoms in total. The Morgan fingerprint density at radius 3 is 2.31 bits per heavy atom. The Morgan fingerprint density at radius 1 is 0.966 bits per heavy atom. The van der Waals surface area contributed by atoms with E-state index in [0.717, 1.165) is 56.8 Å². The van der Waals surface area contributed by atoms with Gasteiger partial charge in [-0.3, -0.25) is 4.79 Å². The largest absolute Gasteiger partial charge is 0.457 e. The summed E-state index contributed by atoms with van der Waals surface area (Å²) in [6.07, 6.45) is 6.73. The topological polar surface area (TPSA) is 41.6 Å². The fourth-order valence-electron chi connectivity index (χ4n) is 5.40. The minimum absolute atomic E-state index is 0.256. The van der Waals surface area contributed by atoms with E-state index in [-0.39, 0.29) is 5.92 Å². The van der Waals surface area contributed by atoms with Gasteiger partial charge in [-0.25, -0.2) is 0 Å². The summed E-state index contributed by atoms with van der Waals surface area (Å²) in [5.41, 5.74) is 1.66. The molecule has 1 N–H and O–H groups in total. The Morgan fingerprint density at radius 2 is 1.66 bits per heavy atom. The number of likely N-dealkylation sites (tertiary alicyclic amines) is 1. The maximum absolute atomic E-state index is 12.9. The van der Waals surface area contributed by atoms with E-state index in [0.29, 0.717) is 17.4 Å². The number of amides is 1. The van der Waals surface area contributed by atoms with E-state index in [1.807, 2.05) is 30.3 Å². The highest BCUT2D eigenvalue weighted by Gasteiger charge is 2.49. The highest BCUT2D eigenvalue weighted by atomic mass is 16.5. The van der Waals surface area contributed by atoms with Crippen LogP contribution in [0.2, 0.25) is 0 Å². The van der Waals surface area contributed by atoms with Crippen LogP contribution >= 0.6 is 0 Å². The second-order valence-electron chi connectivity index (χ2n) is 9.00. The van der Waals surface area contributed by atoms with Gasteiger partial charge in [0.05, 0.1) is 0 Å². The molecule has 1 aliphatic carbocycles. The molecule has 0 bridgehead atoms. The van der Waals surface area contributed by atoms with Crippen molar-refractivity contribution in [2.45, 2.75) is 50.0 Å². The quantitative estimate of drug-likeness (QED) is 0.821. The van der Waals surface area contributed by atoms with Crippen molar-refractivity contribution in [2.24, 2.45) is 5.92 Å². The average molecular weight is 391 g/mol. The van der Waals surface area contributed by atoms with Crippen LogP contribution < -0.4 is 10.1 Å². The molecule has 2 aromatic rings. The zero-order valence-electron chi connectivity index (χ0n) is 17.0. The van der Waals surface area contributed by atoms with Gasteiger partial charge in [0.1, 0.15) is 11.5 Å². The lowest BCUT2D eigenvalue weighted by Gasteiger charge is -2.47. The minimum Gasteiger partial charge on any atom is -0.457 e. The number of piperidine rings is 1. The van der Waals surface area contributed by atoms with Crippen molar-refractivity contribution in [1.82, 2.24) is 10.2 Å². The average Bonchev–Trinajstić information content (AvgIpc) is 3.24. The first-order valence-electron chi connectivity index (χ1n) is 11.1. The molecule has 152 valence electrons. The zero-order valence-corrected chi connectivity index (χ0v) is 17.0. The summed E-state index contributed by atoms with van der Waals surface area (Å²) >= 11 is 0. The van der Waals surface area contributed by atoms with Gasteiger partial charge >= 0.3 is 0 Å². The lowest BCUT2D eigenvalue weighted by Crippen LogP contribution is -2.56. The summed E-state index contributed by atoms with van der Waals surface area (Å²) in [4.78, 5) is 15.0. The van der Waals surface area contributed by atoms with Crippen LogP contribution in [0.4, 0.5) is 0 Å². The second-order valence-corrected chi connectivity index (χ2v) is 9.00. The number of hydrogen-bond acceptors (Lipinski definition) is 3. The Balaban J connectivity index is 1.12. The molecular weight excluding hydrogens is 360 g/mol. The van der Waals surface area contributed by atoms with Crippen molar-refractivity contribution in [3.05, 3.63) is 60.2 Å². The van der Waals surface area contributed by atoms with Crippen molar-refractivity contribution in [3.8, 4) is 11.5 Å². The summed E-state index contributed by atoms with van der Waals surface area (Å²) in [6.45, 7) is 2.91. The molecule has 2 aromatic carbocycles. The molecule has 3 fully saturated rings. The van der Waals surface area contributed by atoms with E-state index in [2.05, 4.69) is 34.5 Å². The summed E-state index contributed by atoms with van der Waals surface area (Å²) in [5.74, 6) is 2.92. The van der Waals surface area contributed by atoms with Crippen LogP contribution in [-0.4, -0.2) is 36.0 Å². The van der Waals surface area contributed by atoms with Crippen molar-refractivity contribution in [1.29, 1.82) is 0 Å². The molecule has 0 atom stereocenters. The van der Waals surface area contributed by atoms with E-state index in [9.17, 15) is 4.79 Å². The standard InChI is InChI=1S/C25H30N2O2/c28-24(21-17-25(18-21)13-4-14-26-25)27-15-11-20(12-16-27)19-7-9-23(10-8-19)29-22-5-2-1-3-6-22/h1-3,5-10,20-21,26H,4,11-18H2. The molecule has 0 aromatic heterocycles. The Labute approximate surface area is 173 Å². The number of carbonyl (C=O) groups excluding carboxylic acids is 1. The number of benzene rings is 2. The smallest absolute Gasteiger partial charge is 0.225 e. The zero-order chi connectivity index (χ0) is 19.7. The fourth-order valence-corrected chi connectivity index (χ4v) is 5.40. The summed E-state index contributed by atoms with van der Waals surface area (Å²) in [5, 5.41) is 3.62. The van der Waals surface area contributed by atoms with E-state index in [1.165, 1.54) is 18.4 Å². The SMILES string of the molecule is O=C(C1CC2(CCCN2)C1)N1CCC(c2ccc(Oc3ccccc3)cc2)CC1. The van der Waals surface area contributed by atoms with Crippen LogP contribution in [0.1, 0.15) is 50.0 Å². The van der Waals surface area contributed by atoms with Crippen LogP contribution in [0.3, 0.4) is 0 Å². The monoisotopic (exact) mass is 390 g/mol. The van der Waals surface area contributed by atoms with Gasteiger partial charge in [0.15, 0.2) is 0 Å². The molecule has 2 heterocycles. The van der Waals surface area contributed by atoms with E-state index in [4.69, 9.17) is 4.74 Å². The molecular formula is C25H30N2O2. The number of para-hydroxylation sites is 1. The maximum Gasteiger partial charge on any atom is 0.225 e. The van der Waals surface area contributed by atoms with Gasteiger partial charge in [-0.05, 0) is 80.8 Å². The van der Waals surface area contributed by atoms with Gasteiger partial charge < -0.3 is 15.0 Å². The molecule has 1 amide bonds. The third kappa shape index (κ3) is 3.91. The number of hydrogen-bond donors (Lipinski definition) is 1. The first kappa shape index (κ1) is 18.7. The minimum atomic E-state index is 0.256. The molecule has 4 heteroatoms. The van der Waals surface area contributed by atoms with Crippen molar-refractivity contribution in [2.75, 3.05) is 19.6 Å². The third-order valence-electron chi connectivity index (χ3n) is 7.09. The Bertz CT molecular complexity index is 827. The second kappa shape index (κ2) is 7.83. The molecule has 29 heavy (non-hydrogen) atoms. The number of rotatable bonds is 4. The van der Waals surface area contributed by atoms with Gasteiger partial charge in [-0.15, -0.1) is 0 Å². The third-order valence-corrected chi connectivity index (χ3v) is 7.09. The fraction of sp³-hybridized carbons (Fsp3) is 0.480.